The lowest BCUT2D eigenvalue weighted by Gasteiger charge is -2.19. The Morgan fingerprint density at radius 1 is 1.31 bits per heavy atom. The Morgan fingerprint density at radius 2 is 2.00 bits per heavy atom. The summed E-state index contributed by atoms with van der Waals surface area (Å²) >= 11 is 0. The van der Waals surface area contributed by atoms with Crippen LogP contribution in [0.4, 0.5) is 11.6 Å². The van der Waals surface area contributed by atoms with Crippen LogP contribution < -0.4 is 10.2 Å². The summed E-state index contributed by atoms with van der Waals surface area (Å²) in [6.45, 7) is 6.17. The lowest BCUT2D eigenvalue weighted by molar-refractivity contribution is 0.842. The Morgan fingerprint density at radius 3 is 2.54 bits per heavy atom. The zero-order valence-corrected chi connectivity index (χ0v) is 8.41. The minimum atomic E-state index is 0.858. The molecule has 4 nitrogen and oxygen atoms in total. The third kappa shape index (κ3) is 2.31. The van der Waals surface area contributed by atoms with E-state index in [4.69, 9.17) is 0 Å². The molecule has 1 aromatic rings. The highest BCUT2D eigenvalue weighted by molar-refractivity contribution is 5.47. The van der Waals surface area contributed by atoms with Crippen molar-refractivity contribution < 1.29 is 0 Å². The molecule has 0 aliphatic heterocycles. The van der Waals surface area contributed by atoms with Crippen LogP contribution in [0.1, 0.15) is 13.8 Å². The molecule has 0 saturated carbocycles. The lowest BCUT2D eigenvalue weighted by Crippen LogP contribution is -2.23. The molecule has 0 atom stereocenters. The quantitative estimate of drug-likeness (QED) is 0.759. The SMILES string of the molecule is CCN(CC)c1cc(NC)ncn1. The first-order valence-corrected chi connectivity index (χ1v) is 4.56. The number of hydrogen-bond donors (Lipinski definition) is 1. The third-order valence-electron chi connectivity index (χ3n) is 2.00. The standard InChI is InChI=1S/C9H16N4/c1-4-13(5-2)9-6-8(10-3)11-7-12-9/h6-7H,4-5H2,1-3H3,(H,10,11,12). The largest absolute Gasteiger partial charge is 0.373 e. The van der Waals surface area contributed by atoms with Gasteiger partial charge in [0, 0.05) is 26.2 Å². The summed E-state index contributed by atoms with van der Waals surface area (Å²) in [6, 6.07) is 1.95. The van der Waals surface area contributed by atoms with Gasteiger partial charge in [0.05, 0.1) is 0 Å². The molecule has 1 aromatic heterocycles. The first kappa shape index (κ1) is 9.77. The number of rotatable bonds is 4. The van der Waals surface area contributed by atoms with Gasteiger partial charge in [-0.2, -0.15) is 0 Å². The highest BCUT2D eigenvalue weighted by Crippen LogP contribution is 2.12. The number of nitrogens with one attached hydrogen (secondary N) is 1. The van der Waals surface area contributed by atoms with E-state index < -0.39 is 0 Å². The summed E-state index contributed by atoms with van der Waals surface area (Å²) < 4.78 is 0. The van der Waals surface area contributed by atoms with Crippen molar-refractivity contribution in [2.45, 2.75) is 13.8 Å². The van der Waals surface area contributed by atoms with Crippen molar-refractivity contribution in [3.8, 4) is 0 Å². The molecule has 4 heteroatoms. The monoisotopic (exact) mass is 180 g/mol. The van der Waals surface area contributed by atoms with Gasteiger partial charge >= 0.3 is 0 Å². The summed E-state index contributed by atoms with van der Waals surface area (Å²) in [7, 11) is 1.86. The van der Waals surface area contributed by atoms with E-state index in [1.54, 1.807) is 6.33 Å². The van der Waals surface area contributed by atoms with Gasteiger partial charge in [-0.25, -0.2) is 9.97 Å². The van der Waals surface area contributed by atoms with E-state index in [2.05, 4.69) is 34.0 Å². The highest BCUT2D eigenvalue weighted by Gasteiger charge is 2.03. The van der Waals surface area contributed by atoms with Crippen molar-refractivity contribution in [3.05, 3.63) is 12.4 Å². The number of aromatic nitrogens is 2. The van der Waals surface area contributed by atoms with Gasteiger partial charge in [0.25, 0.3) is 0 Å². The normalized spacial score (nSPS) is 9.77. The highest BCUT2D eigenvalue weighted by atomic mass is 15.2. The Balaban J connectivity index is 2.86. The smallest absolute Gasteiger partial charge is 0.134 e. The average molecular weight is 180 g/mol. The first-order valence-electron chi connectivity index (χ1n) is 4.56. The lowest BCUT2D eigenvalue weighted by atomic mass is 10.4. The van der Waals surface area contributed by atoms with E-state index >= 15 is 0 Å². The van der Waals surface area contributed by atoms with Gasteiger partial charge in [0.1, 0.15) is 18.0 Å². The second-order valence-electron chi connectivity index (χ2n) is 2.68. The second kappa shape index (κ2) is 4.64. The van der Waals surface area contributed by atoms with E-state index in [1.165, 1.54) is 0 Å². The Kier molecular flexibility index (Phi) is 3.49. The van der Waals surface area contributed by atoms with E-state index in [0.29, 0.717) is 0 Å². The molecule has 0 aliphatic carbocycles. The zero-order chi connectivity index (χ0) is 9.68. The van der Waals surface area contributed by atoms with E-state index in [-0.39, 0.29) is 0 Å². The van der Waals surface area contributed by atoms with Crippen molar-refractivity contribution in [2.24, 2.45) is 0 Å². The van der Waals surface area contributed by atoms with Crippen LogP contribution in [0.25, 0.3) is 0 Å². The molecule has 1 rings (SSSR count). The molecule has 0 aromatic carbocycles. The number of anilines is 2. The van der Waals surface area contributed by atoms with E-state index in [1.807, 2.05) is 13.1 Å². The van der Waals surface area contributed by atoms with Gasteiger partial charge in [-0.05, 0) is 13.8 Å². The maximum absolute atomic E-state index is 4.20. The summed E-state index contributed by atoms with van der Waals surface area (Å²) in [6.07, 6.45) is 1.58. The van der Waals surface area contributed by atoms with Crippen LogP contribution in [0.3, 0.4) is 0 Å². The van der Waals surface area contributed by atoms with Crippen molar-refractivity contribution in [1.29, 1.82) is 0 Å². The molecule has 0 spiro atoms. The van der Waals surface area contributed by atoms with Crippen LogP contribution in [0, 0.1) is 0 Å². The Bertz CT molecular complexity index is 258. The average Bonchev–Trinajstić information content (AvgIpc) is 2.20. The number of hydrogen-bond acceptors (Lipinski definition) is 4. The molecule has 0 radical (unpaired) electrons. The Labute approximate surface area is 79.0 Å². The second-order valence-corrected chi connectivity index (χ2v) is 2.68. The van der Waals surface area contributed by atoms with Crippen molar-refractivity contribution in [3.63, 3.8) is 0 Å². The minimum Gasteiger partial charge on any atom is -0.373 e. The first-order chi connectivity index (χ1) is 6.31. The minimum absolute atomic E-state index is 0.858. The molecule has 0 bridgehead atoms. The molecule has 13 heavy (non-hydrogen) atoms. The molecule has 0 aliphatic rings. The predicted octanol–water partition coefficient (Wildman–Crippen LogP) is 1.36. The van der Waals surface area contributed by atoms with E-state index in [0.717, 1.165) is 24.7 Å². The van der Waals surface area contributed by atoms with Gasteiger partial charge in [-0.15, -0.1) is 0 Å². The molecule has 0 unspecified atom stereocenters. The molecule has 0 saturated heterocycles. The Hall–Kier alpha value is -1.32. The third-order valence-corrected chi connectivity index (χ3v) is 2.00. The van der Waals surface area contributed by atoms with Gasteiger partial charge in [0.2, 0.25) is 0 Å². The fraction of sp³-hybridized carbons (Fsp3) is 0.556. The molecule has 0 fully saturated rings. The van der Waals surface area contributed by atoms with Gasteiger partial charge in [-0.1, -0.05) is 0 Å². The topological polar surface area (TPSA) is 41.0 Å². The molecule has 1 N–H and O–H groups in total. The molecule has 0 amide bonds. The van der Waals surface area contributed by atoms with Crippen molar-refractivity contribution >= 4 is 11.6 Å². The van der Waals surface area contributed by atoms with Gasteiger partial charge in [-0.3, -0.25) is 0 Å². The molecular formula is C9H16N4. The van der Waals surface area contributed by atoms with Crippen LogP contribution in [0.15, 0.2) is 12.4 Å². The maximum Gasteiger partial charge on any atom is 0.134 e. The van der Waals surface area contributed by atoms with Crippen LogP contribution in [-0.2, 0) is 0 Å². The van der Waals surface area contributed by atoms with E-state index in [9.17, 15) is 0 Å². The summed E-state index contributed by atoms with van der Waals surface area (Å²) in [4.78, 5) is 10.4. The van der Waals surface area contributed by atoms with Gasteiger partial charge in [0.15, 0.2) is 0 Å². The van der Waals surface area contributed by atoms with Crippen molar-refractivity contribution in [2.75, 3.05) is 30.4 Å². The molecular weight excluding hydrogens is 164 g/mol. The maximum atomic E-state index is 4.20. The fourth-order valence-corrected chi connectivity index (χ4v) is 1.20. The summed E-state index contributed by atoms with van der Waals surface area (Å²) in [5, 5.41) is 2.99. The molecule has 72 valence electrons. The zero-order valence-electron chi connectivity index (χ0n) is 8.41. The van der Waals surface area contributed by atoms with Crippen LogP contribution in [-0.4, -0.2) is 30.1 Å². The van der Waals surface area contributed by atoms with Crippen LogP contribution >= 0.6 is 0 Å². The van der Waals surface area contributed by atoms with Gasteiger partial charge < -0.3 is 10.2 Å². The van der Waals surface area contributed by atoms with Crippen molar-refractivity contribution in [1.82, 2.24) is 9.97 Å². The number of nitrogens with zero attached hydrogens (tertiary/aromatic N) is 3. The summed E-state index contributed by atoms with van der Waals surface area (Å²) in [5.41, 5.74) is 0. The fourth-order valence-electron chi connectivity index (χ4n) is 1.20. The van der Waals surface area contributed by atoms with Crippen LogP contribution in [0.2, 0.25) is 0 Å². The summed E-state index contributed by atoms with van der Waals surface area (Å²) in [5.74, 6) is 1.83. The molecule has 1 heterocycles. The predicted molar refractivity (Wildman–Crippen MR) is 55.1 cm³/mol. The van der Waals surface area contributed by atoms with Crippen LogP contribution in [0.5, 0.6) is 0 Å².